The van der Waals surface area contributed by atoms with Crippen molar-refractivity contribution in [3.8, 4) is 16.2 Å². The maximum absolute atomic E-state index is 12.2. The van der Waals surface area contributed by atoms with Gasteiger partial charge in [0.1, 0.15) is 10.6 Å². The Balaban J connectivity index is 2.46. The molecule has 0 unspecified atom stereocenters. The molecular weight excluding hydrogens is 288 g/mol. The number of rotatable bonds is 4. The number of hydrogen-bond acceptors (Lipinski definition) is 4. The van der Waals surface area contributed by atoms with Crippen molar-refractivity contribution in [2.24, 2.45) is 0 Å². The van der Waals surface area contributed by atoms with Crippen LogP contribution < -0.4 is 10.5 Å². The van der Waals surface area contributed by atoms with Gasteiger partial charge in [0.2, 0.25) is 0 Å². The average molecular weight is 299 g/mol. The van der Waals surface area contributed by atoms with Gasteiger partial charge in [-0.3, -0.25) is 0 Å². The molecule has 3 N–H and O–H groups in total. The summed E-state index contributed by atoms with van der Waals surface area (Å²) in [7, 11) is 0. The van der Waals surface area contributed by atoms with E-state index in [1.165, 1.54) is 12.1 Å². The van der Waals surface area contributed by atoms with Gasteiger partial charge < -0.3 is 15.6 Å². The molecule has 0 atom stereocenters. The zero-order valence-corrected chi connectivity index (χ0v) is 11.2. The molecule has 0 fully saturated rings. The number of alkyl halides is 2. The number of nitrogens with two attached hydrogens (primary N) is 1. The van der Waals surface area contributed by atoms with Crippen molar-refractivity contribution >= 4 is 23.0 Å². The van der Waals surface area contributed by atoms with E-state index in [4.69, 9.17) is 10.8 Å². The summed E-state index contributed by atoms with van der Waals surface area (Å²) >= 11 is 1.01. The van der Waals surface area contributed by atoms with Crippen LogP contribution in [0.1, 0.15) is 15.2 Å². The average Bonchev–Trinajstić information content (AvgIpc) is 2.66. The second-order valence-corrected chi connectivity index (χ2v) is 5.03. The summed E-state index contributed by atoms with van der Waals surface area (Å²) in [5.74, 6) is -1.09. The second-order valence-electron chi connectivity index (χ2n) is 4.01. The molecule has 0 bridgehead atoms. The van der Waals surface area contributed by atoms with E-state index in [-0.39, 0.29) is 16.3 Å². The van der Waals surface area contributed by atoms with Crippen LogP contribution in [0, 0.1) is 6.92 Å². The van der Waals surface area contributed by atoms with Crippen molar-refractivity contribution < 1.29 is 23.4 Å². The lowest BCUT2D eigenvalue weighted by Crippen LogP contribution is -2.01. The Labute approximate surface area is 117 Å². The number of carboxylic acid groups (broad SMARTS) is 1. The van der Waals surface area contributed by atoms with Crippen LogP contribution in [0.3, 0.4) is 0 Å². The third-order valence-corrected chi connectivity index (χ3v) is 4.05. The van der Waals surface area contributed by atoms with Crippen molar-refractivity contribution in [1.29, 1.82) is 0 Å². The number of hydrogen-bond donors (Lipinski definition) is 2. The van der Waals surface area contributed by atoms with Crippen molar-refractivity contribution in [3.63, 3.8) is 0 Å². The molecule has 1 aromatic carbocycles. The zero-order valence-electron chi connectivity index (χ0n) is 10.4. The molecule has 2 rings (SSSR count). The predicted molar refractivity (Wildman–Crippen MR) is 72.5 cm³/mol. The van der Waals surface area contributed by atoms with Crippen LogP contribution in [0.4, 0.5) is 14.5 Å². The Morgan fingerprint density at radius 3 is 2.70 bits per heavy atom. The van der Waals surface area contributed by atoms with Crippen LogP contribution in [0.25, 0.3) is 10.4 Å². The van der Waals surface area contributed by atoms with Crippen LogP contribution in [-0.2, 0) is 0 Å². The fraction of sp³-hybridized carbons (Fsp3) is 0.154. The van der Waals surface area contributed by atoms with Crippen molar-refractivity contribution in [1.82, 2.24) is 0 Å². The van der Waals surface area contributed by atoms with Gasteiger partial charge in [0.15, 0.2) is 0 Å². The van der Waals surface area contributed by atoms with Crippen molar-refractivity contribution in [2.75, 3.05) is 5.73 Å². The van der Waals surface area contributed by atoms with Crippen LogP contribution >= 0.6 is 11.3 Å². The standard InChI is InChI=1S/C13H11F2NO3S/c1-6-9(16)11(12(17)18)20-10(6)7-3-2-4-8(5-7)19-13(14)15/h2-5,13H,16H2,1H3,(H,17,18). The number of carbonyl (C=O) groups is 1. The monoisotopic (exact) mass is 299 g/mol. The first-order chi connectivity index (χ1) is 9.40. The summed E-state index contributed by atoms with van der Waals surface area (Å²) < 4.78 is 28.7. The topological polar surface area (TPSA) is 72.5 Å². The molecule has 4 nitrogen and oxygen atoms in total. The van der Waals surface area contributed by atoms with Crippen molar-refractivity contribution in [3.05, 3.63) is 34.7 Å². The van der Waals surface area contributed by atoms with E-state index in [9.17, 15) is 13.6 Å². The van der Waals surface area contributed by atoms with Gasteiger partial charge in [-0.25, -0.2) is 4.79 Å². The van der Waals surface area contributed by atoms with E-state index in [2.05, 4.69) is 4.74 Å². The van der Waals surface area contributed by atoms with E-state index < -0.39 is 12.6 Å². The van der Waals surface area contributed by atoms with Gasteiger partial charge in [0.05, 0.1) is 5.69 Å². The van der Waals surface area contributed by atoms with Crippen molar-refractivity contribution in [2.45, 2.75) is 13.5 Å². The SMILES string of the molecule is Cc1c(-c2cccc(OC(F)F)c2)sc(C(=O)O)c1N. The molecule has 0 amide bonds. The zero-order chi connectivity index (χ0) is 14.9. The van der Waals surface area contributed by atoms with E-state index in [1.54, 1.807) is 19.1 Å². The number of anilines is 1. The highest BCUT2D eigenvalue weighted by molar-refractivity contribution is 7.18. The summed E-state index contributed by atoms with van der Waals surface area (Å²) in [5.41, 5.74) is 7.13. The number of halogens is 2. The van der Waals surface area contributed by atoms with Gasteiger partial charge in [-0.15, -0.1) is 11.3 Å². The Kier molecular flexibility index (Phi) is 3.89. The number of ether oxygens (including phenoxy) is 1. The molecule has 20 heavy (non-hydrogen) atoms. The minimum Gasteiger partial charge on any atom is -0.477 e. The second kappa shape index (κ2) is 5.46. The fourth-order valence-corrected chi connectivity index (χ4v) is 2.84. The Morgan fingerprint density at radius 1 is 1.45 bits per heavy atom. The van der Waals surface area contributed by atoms with E-state index in [0.717, 1.165) is 11.3 Å². The molecule has 0 aliphatic carbocycles. The van der Waals surface area contributed by atoms with E-state index in [1.807, 2.05) is 0 Å². The minimum atomic E-state index is -2.91. The van der Waals surface area contributed by atoms with Gasteiger partial charge in [-0.2, -0.15) is 8.78 Å². The molecule has 0 aliphatic rings. The molecule has 106 valence electrons. The Hall–Kier alpha value is -2.15. The third kappa shape index (κ3) is 2.72. The summed E-state index contributed by atoms with van der Waals surface area (Å²) in [6.07, 6.45) is 0. The molecule has 0 aliphatic heterocycles. The van der Waals surface area contributed by atoms with Crippen LogP contribution in [0.5, 0.6) is 5.75 Å². The fourth-order valence-electron chi connectivity index (χ4n) is 1.77. The molecule has 0 radical (unpaired) electrons. The molecule has 1 aromatic heterocycles. The summed E-state index contributed by atoms with van der Waals surface area (Å²) in [4.78, 5) is 11.7. The largest absolute Gasteiger partial charge is 0.477 e. The van der Waals surface area contributed by atoms with Crippen LogP contribution in [0.15, 0.2) is 24.3 Å². The number of aromatic carboxylic acids is 1. The van der Waals surface area contributed by atoms with Gasteiger partial charge in [0.25, 0.3) is 0 Å². The number of benzene rings is 1. The lowest BCUT2D eigenvalue weighted by atomic mass is 10.1. The maximum Gasteiger partial charge on any atom is 0.387 e. The molecule has 0 spiro atoms. The number of nitrogen functional groups attached to an aromatic ring is 1. The lowest BCUT2D eigenvalue weighted by molar-refractivity contribution is -0.0498. The smallest absolute Gasteiger partial charge is 0.387 e. The number of thiophene rings is 1. The van der Waals surface area contributed by atoms with E-state index in [0.29, 0.717) is 16.0 Å². The van der Waals surface area contributed by atoms with Gasteiger partial charge >= 0.3 is 12.6 Å². The molecule has 7 heteroatoms. The molecular formula is C13H11F2NO3S. The summed E-state index contributed by atoms with van der Waals surface area (Å²) in [6, 6.07) is 6.07. The first-order valence-electron chi connectivity index (χ1n) is 5.57. The summed E-state index contributed by atoms with van der Waals surface area (Å²) in [6.45, 7) is -1.22. The predicted octanol–water partition coefficient (Wildman–Crippen LogP) is 3.61. The molecule has 1 heterocycles. The van der Waals surface area contributed by atoms with Gasteiger partial charge in [0, 0.05) is 4.88 Å². The normalized spacial score (nSPS) is 10.8. The summed E-state index contributed by atoms with van der Waals surface area (Å²) in [5, 5.41) is 9.03. The Bertz CT molecular complexity index is 655. The minimum absolute atomic E-state index is 0.0146. The maximum atomic E-state index is 12.2. The Morgan fingerprint density at radius 2 is 2.15 bits per heavy atom. The van der Waals surface area contributed by atoms with Crippen LogP contribution in [0.2, 0.25) is 0 Å². The lowest BCUT2D eigenvalue weighted by Gasteiger charge is -2.06. The molecule has 0 saturated carbocycles. The number of carboxylic acids is 1. The molecule has 0 saturated heterocycles. The third-order valence-electron chi connectivity index (χ3n) is 2.71. The highest BCUT2D eigenvalue weighted by Gasteiger charge is 2.19. The first-order valence-corrected chi connectivity index (χ1v) is 6.39. The van der Waals surface area contributed by atoms with Gasteiger partial charge in [-0.1, -0.05) is 12.1 Å². The van der Waals surface area contributed by atoms with Crippen LogP contribution in [-0.4, -0.2) is 17.7 Å². The van der Waals surface area contributed by atoms with Gasteiger partial charge in [-0.05, 0) is 30.2 Å². The first kappa shape index (κ1) is 14.3. The quantitative estimate of drug-likeness (QED) is 0.904. The molecule has 2 aromatic rings. The highest BCUT2D eigenvalue weighted by Crippen LogP contribution is 2.39. The van der Waals surface area contributed by atoms with E-state index >= 15 is 0 Å². The highest BCUT2D eigenvalue weighted by atomic mass is 32.1.